The summed E-state index contributed by atoms with van der Waals surface area (Å²) < 4.78 is 34.0. The first kappa shape index (κ1) is 14.6. The maximum atomic E-state index is 12.3. The molecular weight excluding hydrogens is 280 g/mol. The smallest absolute Gasteiger partial charge is 0.246 e. The van der Waals surface area contributed by atoms with Crippen LogP contribution in [0.15, 0.2) is 27.6 Å². The second-order valence-electron chi connectivity index (χ2n) is 4.53. The molecule has 8 heteroatoms. The lowest BCUT2D eigenvalue weighted by Gasteiger charge is -2.11. The predicted octanol–water partition coefficient (Wildman–Crippen LogP) is 1.43. The molecule has 0 aliphatic carbocycles. The van der Waals surface area contributed by atoms with E-state index in [4.69, 9.17) is 10.2 Å². The van der Waals surface area contributed by atoms with E-state index < -0.39 is 16.1 Å². The number of hydrogen-bond donors (Lipinski definition) is 2. The lowest BCUT2D eigenvalue weighted by atomic mass is 10.3. The minimum Gasteiger partial charge on any atom is -0.465 e. The summed E-state index contributed by atoms with van der Waals surface area (Å²) in [5.41, 5.74) is 5.65. The molecule has 2 aromatic rings. The molecule has 0 aliphatic rings. The third kappa shape index (κ3) is 2.86. The Hall–Kier alpha value is -1.80. The lowest BCUT2D eigenvalue weighted by Crippen LogP contribution is -2.27. The maximum Gasteiger partial charge on any atom is 0.246 e. The van der Waals surface area contributed by atoms with Gasteiger partial charge in [0.05, 0.1) is 6.04 Å². The van der Waals surface area contributed by atoms with Gasteiger partial charge in [-0.1, -0.05) is 0 Å². The van der Waals surface area contributed by atoms with Gasteiger partial charge in [-0.05, 0) is 32.9 Å². The molecule has 0 fully saturated rings. The van der Waals surface area contributed by atoms with E-state index >= 15 is 0 Å². The summed E-state index contributed by atoms with van der Waals surface area (Å²) >= 11 is 0. The van der Waals surface area contributed by atoms with Crippen LogP contribution in [0.1, 0.15) is 31.4 Å². The largest absolute Gasteiger partial charge is 0.465 e. The molecule has 0 saturated heterocycles. The van der Waals surface area contributed by atoms with Crippen LogP contribution in [0.4, 0.5) is 5.82 Å². The van der Waals surface area contributed by atoms with Gasteiger partial charge in [-0.25, -0.2) is 13.1 Å². The van der Waals surface area contributed by atoms with Gasteiger partial charge >= 0.3 is 0 Å². The number of aryl methyl sites for hydroxylation is 2. The van der Waals surface area contributed by atoms with Crippen molar-refractivity contribution in [3.05, 3.63) is 29.9 Å². The van der Waals surface area contributed by atoms with Crippen LogP contribution in [-0.4, -0.2) is 18.2 Å². The highest BCUT2D eigenvalue weighted by molar-refractivity contribution is 7.89. The van der Waals surface area contributed by atoms with Crippen LogP contribution in [0.5, 0.6) is 0 Å². The summed E-state index contributed by atoms with van der Waals surface area (Å²) in [5.74, 6) is 1.26. The van der Waals surface area contributed by atoms with E-state index in [1.165, 1.54) is 10.9 Å². The minimum atomic E-state index is -3.74. The van der Waals surface area contributed by atoms with Gasteiger partial charge in [-0.3, -0.25) is 4.68 Å². The van der Waals surface area contributed by atoms with Gasteiger partial charge in [0.2, 0.25) is 10.0 Å². The van der Waals surface area contributed by atoms with Crippen LogP contribution in [0.25, 0.3) is 0 Å². The molecule has 0 aliphatic heterocycles. The lowest BCUT2D eigenvalue weighted by molar-refractivity contribution is 0.441. The Bertz CT molecular complexity index is 702. The molecule has 2 rings (SSSR count). The monoisotopic (exact) mass is 298 g/mol. The fourth-order valence-electron chi connectivity index (χ4n) is 1.83. The van der Waals surface area contributed by atoms with Crippen LogP contribution < -0.4 is 10.5 Å². The molecule has 1 atom stereocenters. The molecule has 1 unspecified atom stereocenters. The molecule has 2 heterocycles. The van der Waals surface area contributed by atoms with E-state index in [1.54, 1.807) is 26.0 Å². The quantitative estimate of drug-likeness (QED) is 0.869. The number of nitrogen functional groups attached to an aromatic ring is 1. The maximum absolute atomic E-state index is 12.3. The second kappa shape index (κ2) is 5.29. The molecular formula is C12H18N4O3S. The molecule has 0 spiro atoms. The number of aromatic nitrogens is 2. The summed E-state index contributed by atoms with van der Waals surface area (Å²) in [6, 6.07) is 3.03. The molecule has 20 heavy (non-hydrogen) atoms. The van der Waals surface area contributed by atoms with E-state index in [0.717, 1.165) is 5.76 Å². The molecule has 2 aromatic heterocycles. The third-order valence-corrected chi connectivity index (χ3v) is 4.45. The van der Waals surface area contributed by atoms with Crippen molar-refractivity contribution in [1.29, 1.82) is 0 Å². The Morgan fingerprint density at radius 1 is 1.50 bits per heavy atom. The molecule has 3 N–H and O–H groups in total. The van der Waals surface area contributed by atoms with E-state index in [1.807, 2.05) is 6.92 Å². The molecule has 0 radical (unpaired) electrons. The molecule has 0 aromatic carbocycles. The fourth-order valence-corrected chi connectivity index (χ4v) is 3.11. The summed E-state index contributed by atoms with van der Waals surface area (Å²) in [6.45, 7) is 5.90. The van der Waals surface area contributed by atoms with E-state index in [2.05, 4.69) is 9.82 Å². The van der Waals surface area contributed by atoms with Crippen LogP contribution >= 0.6 is 0 Å². The van der Waals surface area contributed by atoms with Gasteiger partial charge in [0.25, 0.3) is 0 Å². The van der Waals surface area contributed by atoms with Crippen molar-refractivity contribution in [2.45, 2.75) is 38.3 Å². The number of nitrogens with zero attached hydrogens (tertiary/aromatic N) is 2. The van der Waals surface area contributed by atoms with Crippen LogP contribution in [0.3, 0.4) is 0 Å². The average molecular weight is 298 g/mol. The van der Waals surface area contributed by atoms with Crippen molar-refractivity contribution in [3.63, 3.8) is 0 Å². The molecule has 0 amide bonds. The van der Waals surface area contributed by atoms with Gasteiger partial charge < -0.3 is 10.2 Å². The fraction of sp³-hybridized carbons (Fsp3) is 0.417. The van der Waals surface area contributed by atoms with Crippen molar-refractivity contribution >= 4 is 15.8 Å². The Morgan fingerprint density at radius 2 is 2.20 bits per heavy atom. The first-order valence-electron chi connectivity index (χ1n) is 6.25. The van der Waals surface area contributed by atoms with Gasteiger partial charge in [-0.2, -0.15) is 5.10 Å². The first-order chi connectivity index (χ1) is 9.33. The van der Waals surface area contributed by atoms with Crippen molar-refractivity contribution in [3.8, 4) is 0 Å². The number of sulfonamides is 1. The van der Waals surface area contributed by atoms with Crippen molar-refractivity contribution in [2.75, 3.05) is 5.73 Å². The molecule has 7 nitrogen and oxygen atoms in total. The Kier molecular flexibility index (Phi) is 3.87. The average Bonchev–Trinajstić information content (AvgIpc) is 2.95. The summed E-state index contributed by atoms with van der Waals surface area (Å²) in [5, 5.41) is 3.93. The highest BCUT2D eigenvalue weighted by atomic mass is 32.2. The Balaban J connectivity index is 2.24. The standard InChI is InChI=1S/C12H18N4O3S/c1-4-16-7-11(12(13)14-16)20(17,18)15-9(3)10-6-5-8(2)19-10/h5-7,9,15H,4H2,1-3H3,(H2,13,14). The summed E-state index contributed by atoms with van der Waals surface area (Å²) in [6.07, 6.45) is 1.41. The zero-order valence-corrected chi connectivity index (χ0v) is 12.4. The van der Waals surface area contributed by atoms with Crippen molar-refractivity contribution in [1.82, 2.24) is 14.5 Å². The van der Waals surface area contributed by atoms with Gasteiger partial charge in [0.1, 0.15) is 16.4 Å². The summed E-state index contributed by atoms with van der Waals surface area (Å²) in [7, 11) is -3.74. The Morgan fingerprint density at radius 3 is 2.70 bits per heavy atom. The van der Waals surface area contributed by atoms with Gasteiger partial charge in [0.15, 0.2) is 5.82 Å². The van der Waals surface area contributed by atoms with Gasteiger partial charge in [0, 0.05) is 12.7 Å². The molecule has 0 bridgehead atoms. The summed E-state index contributed by atoms with van der Waals surface area (Å²) in [4.78, 5) is -0.0190. The second-order valence-corrected chi connectivity index (χ2v) is 6.21. The zero-order chi connectivity index (χ0) is 14.9. The van der Waals surface area contributed by atoms with Crippen molar-refractivity contribution < 1.29 is 12.8 Å². The Labute approximate surface area is 117 Å². The molecule has 110 valence electrons. The minimum absolute atomic E-state index is 0.0119. The van der Waals surface area contributed by atoms with E-state index in [0.29, 0.717) is 12.3 Å². The number of rotatable bonds is 5. The number of anilines is 1. The topological polar surface area (TPSA) is 103 Å². The van der Waals surface area contributed by atoms with Crippen LogP contribution in [-0.2, 0) is 16.6 Å². The first-order valence-corrected chi connectivity index (χ1v) is 7.73. The van der Waals surface area contributed by atoms with Crippen molar-refractivity contribution in [2.24, 2.45) is 0 Å². The molecule has 0 saturated carbocycles. The van der Waals surface area contributed by atoms with Crippen LogP contribution in [0.2, 0.25) is 0 Å². The van der Waals surface area contributed by atoms with Gasteiger partial charge in [-0.15, -0.1) is 0 Å². The van der Waals surface area contributed by atoms with E-state index in [-0.39, 0.29) is 10.7 Å². The predicted molar refractivity (Wildman–Crippen MR) is 74.5 cm³/mol. The number of nitrogens with two attached hydrogens (primary N) is 1. The normalized spacial score (nSPS) is 13.6. The third-order valence-electron chi connectivity index (χ3n) is 2.89. The highest BCUT2D eigenvalue weighted by Crippen LogP contribution is 2.21. The number of furan rings is 1. The number of nitrogens with one attached hydrogen (secondary N) is 1. The van der Waals surface area contributed by atoms with Crippen LogP contribution in [0, 0.1) is 6.92 Å². The number of hydrogen-bond acceptors (Lipinski definition) is 5. The SMILES string of the molecule is CCn1cc(S(=O)(=O)NC(C)c2ccc(C)o2)c(N)n1. The van der Waals surface area contributed by atoms with E-state index in [9.17, 15) is 8.42 Å². The zero-order valence-electron chi connectivity index (χ0n) is 11.6. The highest BCUT2D eigenvalue weighted by Gasteiger charge is 2.24.